The Balaban J connectivity index is 2.59. The van der Waals surface area contributed by atoms with E-state index in [1.54, 1.807) is 0 Å². The number of pyridine rings is 1. The lowest BCUT2D eigenvalue weighted by Crippen LogP contribution is -2.16. The first kappa shape index (κ1) is 10.1. The van der Waals surface area contributed by atoms with Crippen molar-refractivity contribution in [2.75, 3.05) is 7.05 Å². The number of fused-ring (bicyclic) bond motifs is 1. The molecule has 0 aliphatic heterocycles. The Morgan fingerprint density at radius 2 is 2.07 bits per heavy atom. The smallest absolute Gasteiger partial charge is 0.0651 e. The molecule has 2 aromatic rings. The third-order valence-corrected chi connectivity index (χ3v) is 2.79. The number of nitrogens with one attached hydrogen (secondary N) is 1. The van der Waals surface area contributed by atoms with E-state index in [1.165, 1.54) is 10.8 Å². The predicted molar refractivity (Wildman–Crippen MR) is 63.8 cm³/mol. The van der Waals surface area contributed by atoms with Gasteiger partial charge in [-0.25, -0.2) is 0 Å². The van der Waals surface area contributed by atoms with Crippen LogP contribution < -0.4 is 5.32 Å². The summed E-state index contributed by atoms with van der Waals surface area (Å²) < 4.78 is 0. The summed E-state index contributed by atoms with van der Waals surface area (Å²) in [5.74, 6) is 0. The summed E-state index contributed by atoms with van der Waals surface area (Å²) in [6.45, 7) is 2.17. The monoisotopic (exact) mass is 200 g/mol. The SMILES string of the molecule is CCC(NC)c1nccc2ccccc12. The summed E-state index contributed by atoms with van der Waals surface area (Å²) in [6.07, 6.45) is 2.94. The van der Waals surface area contributed by atoms with Gasteiger partial charge in [0.15, 0.2) is 0 Å². The summed E-state index contributed by atoms with van der Waals surface area (Å²) in [4.78, 5) is 4.49. The van der Waals surface area contributed by atoms with Gasteiger partial charge >= 0.3 is 0 Å². The zero-order valence-electron chi connectivity index (χ0n) is 9.20. The minimum atomic E-state index is 0.344. The molecule has 0 saturated heterocycles. The molecule has 0 amide bonds. The molecule has 1 aromatic heterocycles. The second kappa shape index (κ2) is 4.41. The summed E-state index contributed by atoms with van der Waals surface area (Å²) in [5, 5.41) is 5.81. The molecule has 2 heteroatoms. The largest absolute Gasteiger partial charge is 0.312 e. The van der Waals surface area contributed by atoms with Crippen LogP contribution in [0.3, 0.4) is 0 Å². The molecule has 1 atom stereocenters. The molecular weight excluding hydrogens is 184 g/mol. The van der Waals surface area contributed by atoms with Gasteiger partial charge in [-0.3, -0.25) is 4.98 Å². The third-order valence-electron chi connectivity index (χ3n) is 2.79. The van der Waals surface area contributed by atoms with Gasteiger partial charge in [0.2, 0.25) is 0 Å². The van der Waals surface area contributed by atoms with Crippen LogP contribution in [0, 0.1) is 0 Å². The first-order valence-electron chi connectivity index (χ1n) is 5.37. The molecule has 0 bridgehead atoms. The highest BCUT2D eigenvalue weighted by Crippen LogP contribution is 2.23. The van der Waals surface area contributed by atoms with Crippen LogP contribution in [0.2, 0.25) is 0 Å². The van der Waals surface area contributed by atoms with Crippen molar-refractivity contribution < 1.29 is 0 Å². The maximum Gasteiger partial charge on any atom is 0.0651 e. The van der Waals surface area contributed by atoms with Crippen molar-refractivity contribution in [2.24, 2.45) is 0 Å². The molecule has 1 N–H and O–H groups in total. The summed E-state index contributed by atoms with van der Waals surface area (Å²) in [6, 6.07) is 10.8. The van der Waals surface area contributed by atoms with E-state index in [9.17, 15) is 0 Å². The number of nitrogens with zero attached hydrogens (tertiary/aromatic N) is 1. The van der Waals surface area contributed by atoms with Crippen molar-refractivity contribution in [2.45, 2.75) is 19.4 Å². The fourth-order valence-electron chi connectivity index (χ4n) is 1.95. The van der Waals surface area contributed by atoms with E-state index in [1.807, 2.05) is 13.2 Å². The molecule has 0 saturated carbocycles. The summed E-state index contributed by atoms with van der Waals surface area (Å²) in [7, 11) is 1.98. The number of benzene rings is 1. The standard InChI is InChI=1S/C13H16N2/c1-3-12(14-2)13-11-7-5-4-6-10(11)8-9-15-13/h4-9,12,14H,3H2,1-2H3. The zero-order valence-corrected chi connectivity index (χ0v) is 9.20. The average molecular weight is 200 g/mol. The number of hydrogen-bond donors (Lipinski definition) is 1. The van der Waals surface area contributed by atoms with E-state index in [-0.39, 0.29) is 0 Å². The highest BCUT2D eigenvalue weighted by Gasteiger charge is 2.10. The van der Waals surface area contributed by atoms with Crippen molar-refractivity contribution in [3.63, 3.8) is 0 Å². The molecule has 0 aliphatic rings. The van der Waals surface area contributed by atoms with E-state index in [4.69, 9.17) is 0 Å². The molecule has 1 heterocycles. The molecule has 0 fully saturated rings. The van der Waals surface area contributed by atoms with Gasteiger partial charge in [-0.15, -0.1) is 0 Å². The summed E-state index contributed by atoms with van der Waals surface area (Å²) in [5.41, 5.74) is 1.15. The van der Waals surface area contributed by atoms with Crippen molar-refractivity contribution >= 4 is 10.8 Å². The highest BCUT2D eigenvalue weighted by molar-refractivity contribution is 5.84. The van der Waals surface area contributed by atoms with Crippen LogP contribution in [0.15, 0.2) is 36.5 Å². The van der Waals surface area contributed by atoms with Crippen LogP contribution in [0.25, 0.3) is 10.8 Å². The van der Waals surface area contributed by atoms with Gasteiger partial charge in [-0.05, 0) is 24.9 Å². The van der Waals surface area contributed by atoms with Gasteiger partial charge in [0.25, 0.3) is 0 Å². The Morgan fingerprint density at radius 3 is 2.80 bits per heavy atom. The second-order valence-corrected chi connectivity index (χ2v) is 3.67. The first-order chi connectivity index (χ1) is 7.36. The summed E-state index contributed by atoms with van der Waals surface area (Å²) >= 11 is 0. The van der Waals surface area contributed by atoms with Gasteiger partial charge in [0.05, 0.1) is 5.69 Å². The van der Waals surface area contributed by atoms with E-state index in [0.29, 0.717) is 6.04 Å². The van der Waals surface area contributed by atoms with Gasteiger partial charge in [-0.2, -0.15) is 0 Å². The van der Waals surface area contributed by atoms with Gasteiger partial charge in [0.1, 0.15) is 0 Å². The van der Waals surface area contributed by atoms with E-state index in [0.717, 1.165) is 12.1 Å². The Hall–Kier alpha value is -1.41. The van der Waals surface area contributed by atoms with E-state index >= 15 is 0 Å². The molecule has 1 aromatic carbocycles. The molecule has 1 unspecified atom stereocenters. The topological polar surface area (TPSA) is 24.9 Å². The van der Waals surface area contributed by atoms with Gasteiger partial charge < -0.3 is 5.32 Å². The van der Waals surface area contributed by atoms with E-state index < -0.39 is 0 Å². The molecule has 2 nitrogen and oxygen atoms in total. The number of hydrogen-bond acceptors (Lipinski definition) is 2. The molecular formula is C13H16N2. The molecule has 2 rings (SSSR count). The van der Waals surface area contributed by atoms with Crippen LogP contribution in [-0.4, -0.2) is 12.0 Å². The Bertz CT molecular complexity index is 442. The van der Waals surface area contributed by atoms with Crippen LogP contribution in [-0.2, 0) is 0 Å². The van der Waals surface area contributed by atoms with Crippen LogP contribution in [0.5, 0.6) is 0 Å². The number of rotatable bonds is 3. The molecule has 0 aliphatic carbocycles. The van der Waals surface area contributed by atoms with Gasteiger partial charge in [-0.1, -0.05) is 31.2 Å². The van der Waals surface area contributed by atoms with Crippen LogP contribution in [0.4, 0.5) is 0 Å². The van der Waals surface area contributed by atoms with Crippen LogP contribution in [0.1, 0.15) is 25.1 Å². The zero-order chi connectivity index (χ0) is 10.7. The maximum atomic E-state index is 4.49. The molecule has 15 heavy (non-hydrogen) atoms. The van der Waals surface area contributed by atoms with Crippen molar-refractivity contribution in [3.8, 4) is 0 Å². The fourth-order valence-corrected chi connectivity index (χ4v) is 1.95. The first-order valence-corrected chi connectivity index (χ1v) is 5.37. The van der Waals surface area contributed by atoms with Crippen molar-refractivity contribution in [1.29, 1.82) is 0 Å². The average Bonchev–Trinajstić information content (AvgIpc) is 2.31. The molecule has 0 spiro atoms. The Kier molecular flexibility index (Phi) is 2.97. The van der Waals surface area contributed by atoms with Gasteiger partial charge in [0, 0.05) is 17.6 Å². The second-order valence-electron chi connectivity index (χ2n) is 3.67. The fraction of sp³-hybridized carbons (Fsp3) is 0.308. The minimum absolute atomic E-state index is 0.344. The maximum absolute atomic E-state index is 4.49. The quantitative estimate of drug-likeness (QED) is 0.824. The highest BCUT2D eigenvalue weighted by atomic mass is 14.9. The van der Waals surface area contributed by atoms with Crippen molar-refractivity contribution in [3.05, 3.63) is 42.2 Å². The number of aromatic nitrogens is 1. The Morgan fingerprint density at radius 1 is 1.27 bits per heavy atom. The predicted octanol–water partition coefficient (Wildman–Crippen LogP) is 2.91. The normalized spacial score (nSPS) is 12.9. The molecule has 78 valence electrons. The lowest BCUT2D eigenvalue weighted by Gasteiger charge is -2.15. The van der Waals surface area contributed by atoms with Crippen molar-refractivity contribution in [1.82, 2.24) is 10.3 Å². The molecule has 0 radical (unpaired) electrons. The minimum Gasteiger partial charge on any atom is -0.312 e. The third kappa shape index (κ3) is 1.85. The Labute approximate surface area is 90.3 Å². The lowest BCUT2D eigenvalue weighted by molar-refractivity contribution is 0.566. The van der Waals surface area contributed by atoms with E-state index in [2.05, 4.69) is 47.6 Å². The lowest BCUT2D eigenvalue weighted by atomic mass is 10.0. The van der Waals surface area contributed by atoms with Crippen LogP contribution >= 0.6 is 0 Å².